The summed E-state index contributed by atoms with van der Waals surface area (Å²) >= 11 is 0. The van der Waals surface area contributed by atoms with E-state index in [1.165, 1.54) is 12.7 Å². The van der Waals surface area contributed by atoms with Crippen LogP contribution in [0.1, 0.15) is 57.5 Å². The van der Waals surface area contributed by atoms with Gasteiger partial charge in [-0.15, -0.1) is 0 Å². The molecule has 0 radical (unpaired) electrons. The molecule has 0 amide bonds. The van der Waals surface area contributed by atoms with E-state index in [-0.39, 0.29) is 12.1 Å². The Morgan fingerprint density at radius 3 is 1.61 bits per heavy atom. The van der Waals surface area contributed by atoms with Gasteiger partial charge in [-0.3, -0.25) is 0 Å². The molecule has 0 atom stereocenters. The molecule has 18 heavy (non-hydrogen) atoms. The zero-order valence-corrected chi connectivity index (χ0v) is 11.1. The summed E-state index contributed by atoms with van der Waals surface area (Å²) in [6.07, 6.45) is 3.04. The molecule has 2 aromatic rings. The van der Waals surface area contributed by atoms with E-state index in [9.17, 15) is 0 Å². The molecule has 0 aromatic carbocycles. The van der Waals surface area contributed by atoms with Crippen LogP contribution in [0.15, 0.2) is 12.7 Å². The van der Waals surface area contributed by atoms with Gasteiger partial charge in [-0.25, -0.2) is 19.3 Å². The van der Waals surface area contributed by atoms with Crippen molar-refractivity contribution in [1.29, 1.82) is 0 Å². The fourth-order valence-corrected chi connectivity index (χ4v) is 1.87. The quantitative estimate of drug-likeness (QED) is 0.876. The summed E-state index contributed by atoms with van der Waals surface area (Å²) in [5.74, 6) is 1.42. The second-order valence-electron chi connectivity index (χ2n) is 4.79. The first-order valence-corrected chi connectivity index (χ1v) is 6.06. The third-order valence-electron chi connectivity index (χ3n) is 2.74. The van der Waals surface area contributed by atoms with Crippen molar-refractivity contribution in [1.82, 2.24) is 29.5 Å². The highest BCUT2D eigenvalue weighted by Crippen LogP contribution is 2.19. The molecule has 2 N–H and O–H groups in total. The lowest BCUT2D eigenvalue weighted by molar-refractivity contribution is 0.459. The Labute approximate surface area is 106 Å². The van der Waals surface area contributed by atoms with Gasteiger partial charge < -0.3 is 5.73 Å². The minimum atomic E-state index is -0.417. The number of rotatable bonds is 4. The fourth-order valence-electron chi connectivity index (χ4n) is 1.87. The third kappa shape index (κ3) is 2.13. The van der Waals surface area contributed by atoms with Crippen LogP contribution in [-0.4, -0.2) is 29.5 Å². The van der Waals surface area contributed by atoms with Gasteiger partial charge in [0.15, 0.2) is 11.6 Å². The first-order chi connectivity index (χ1) is 8.52. The van der Waals surface area contributed by atoms with E-state index in [2.05, 4.69) is 20.2 Å². The average Bonchev–Trinajstić information content (AvgIpc) is 2.97. The summed E-state index contributed by atoms with van der Waals surface area (Å²) in [5, 5.41) is 8.38. The minimum absolute atomic E-state index is 0.212. The third-order valence-corrected chi connectivity index (χ3v) is 2.74. The Kier molecular flexibility index (Phi) is 3.42. The fraction of sp³-hybridized carbons (Fsp3) is 0.636. The maximum absolute atomic E-state index is 6.24. The highest BCUT2D eigenvalue weighted by atomic mass is 15.4. The van der Waals surface area contributed by atoms with E-state index in [1.54, 1.807) is 0 Å². The van der Waals surface area contributed by atoms with E-state index < -0.39 is 6.04 Å². The van der Waals surface area contributed by atoms with Crippen molar-refractivity contribution in [3.05, 3.63) is 24.3 Å². The molecule has 7 heteroatoms. The lowest BCUT2D eigenvalue weighted by Gasteiger charge is -2.16. The summed E-state index contributed by atoms with van der Waals surface area (Å²) in [5.41, 5.74) is 6.24. The van der Waals surface area contributed by atoms with Crippen LogP contribution in [0.2, 0.25) is 0 Å². The number of nitrogens with two attached hydrogens (primary N) is 1. The van der Waals surface area contributed by atoms with Crippen LogP contribution in [0, 0.1) is 0 Å². The zero-order chi connectivity index (χ0) is 13.3. The van der Waals surface area contributed by atoms with Crippen LogP contribution in [0.4, 0.5) is 0 Å². The van der Waals surface area contributed by atoms with E-state index >= 15 is 0 Å². The van der Waals surface area contributed by atoms with Crippen LogP contribution in [-0.2, 0) is 0 Å². The molecule has 0 aliphatic carbocycles. The zero-order valence-electron chi connectivity index (χ0n) is 11.1. The van der Waals surface area contributed by atoms with Crippen LogP contribution in [0.3, 0.4) is 0 Å². The van der Waals surface area contributed by atoms with Gasteiger partial charge in [-0.1, -0.05) is 0 Å². The predicted octanol–water partition coefficient (Wildman–Crippen LogP) is 1.08. The number of hydrogen-bond acceptors (Lipinski definition) is 5. The molecule has 0 aliphatic heterocycles. The SMILES string of the molecule is CC(C)n1ncnc1C(N)c1ncnn1C(C)C. The van der Waals surface area contributed by atoms with Gasteiger partial charge in [0.25, 0.3) is 0 Å². The molecular formula is C11H19N7. The summed E-state index contributed by atoms with van der Waals surface area (Å²) < 4.78 is 3.62. The predicted molar refractivity (Wildman–Crippen MR) is 66.8 cm³/mol. The van der Waals surface area contributed by atoms with E-state index in [0.29, 0.717) is 11.6 Å². The molecular weight excluding hydrogens is 230 g/mol. The van der Waals surface area contributed by atoms with Gasteiger partial charge in [-0.2, -0.15) is 10.2 Å². The summed E-state index contributed by atoms with van der Waals surface area (Å²) in [7, 11) is 0. The average molecular weight is 249 g/mol. The van der Waals surface area contributed by atoms with Crippen molar-refractivity contribution in [3.63, 3.8) is 0 Å². The number of aromatic nitrogens is 6. The van der Waals surface area contributed by atoms with Crippen molar-refractivity contribution in [2.45, 2.75) is 45.8 Å². The molecule has 0 fully saturated rings. The van der Waals surface area contributed by atoms with Gasteiger partial charge in [-0.05, 0) is 27.7 Å². The van der Waals surface area contributed by atoms with E-state index in [0.717, 1.165) is 0 Å². The maximum atomic E-state index is 6.24. The van der Waals surface area contributed by atoms with Gasteiger partial charge in [0.1, 0.15) is 18.7 Å². The summed E-state index contributed by atoms with van der Waals surface area (Å²) in [4.78, 5) is 8.48. The summed E-state index contributed by atoms with van der Waals surface area (Å²) in [6, 6.07) is 0.00717. The molecule has 7 nitrogen and oxygen atoms in total. The van der Waals surface area contributed by atoms with Crippen molar-refractivity contribution in [3.8, 4) is 0 Å². The largest absolute Gasteiger partial charge is 0.315 e. The molecule has 2 aromatic heterocycles. The van der Waals surface area contributed by atoms with Crippen molar-refractivity contribution < 1.29 is 0 Å². The van der Waals surface area contributed by atoms with Crippen molar-refractivity contribution >= 4 is 0 Å². The second kappa shape index (κ2) is 4.85. The molecule has 0 saturated heterocycles. The van der Waals surface area contributed by atoms with Gasteiger partial charge in [0.05, 0.1) is 0 Å². The minimum Gasteiger partial charge on any atom is -0.315 e. The van der Waals surface area contributed by atoms with Crippen molar-refractivity contribution in [2.24, 2.45) is 5.73 Å². The molecule has 0 unspecified atom stereocenters. The highest BCUT2D eigenvalue weighted by Gasteiger charge is 2.22. The lowest BCUT2D eigenvalue weighted by Crippen LogP contribution is -2.24. The molecule has 2 heterocycles. The van der Waals surface area contributed by atoms with Gasteiger partial charge in [0.2, 0.25) is 0 Å². The maximum Gasteiger partial charge on any atom is 0.151 e. The Morgan fingerprint density at radius 1 is 0.889 bits per heavy atom. The first-order valence-electron chi connectivity index (χ1n) is 6.06. The Bertz CT molecular complexity index is 465. The molecule has 0 aliphatic rings. The van der Waals surface area contributed by atoms with E-state index in [4.69, 9.17) is 5.73 Å². The number of hydrogen-bond donors (Lipinski definition) is 1. The second-order valence-corrected chi connectivity index (χ2v) is 4.79. The topological polar surface area (TPSA) is 87.4 Å². The molecule has 0 bridgehead atoms. The van der Waals surface area contributed by atoms with Crippen LogP contribution < -0.4 is 5.73 Å². The standard InChI is InChI=1S/C11H19N7/c1-7(2)17-10(13-5-15-17)9(12)11-14-6-16-18(11)8(3)4/h5-9H,12H2,1-4H3. The number of nitrogens with zero attached hydrogens (tertiary/aromatic N) is 6. The van der Waals surface area contributed by atoms with E-state index in [1.807, 2.05) is 37.1 Å². The molecule has 98 valence electrons. The molecule has 0 spiro atoms. The van der Waals surface area contributed by atoms with Crippen molar-refractivity contribution in [2.75, 3.05) is 0 Å². The lowest BCUT2D eigenvalue weighted by atomic mass is 10.2. The van der Waals surface area contributed by atoms with Crippen LogP contribution >= 0.6 is 0 Å². The summed E-state index contributed by atoms with van der Waals surface area (Å²) in [6.45, 7) is 8.16. The highest BCUT2D eigenvalue weighted by molar-refractivity contribution is 5.09. The first kappa shape index (κ1) is 12.7. The van der Waals surface area contributed by atoms with Gasteiger partial charge in [0, 0.05) is 12.1 Å². The van der Waals surface area contributed by atoms with Crippen LogP contribution in [0.5, 0.6) is 0 Å². The van der Waals surface area contributed by atoms with Crippen LogP contribution in [0.25, 0.3) is 0 Å². The normalized spacial score (nSPS) is 12.0. The molecule has 2 rings (SSSR count). The monoisotopic (exact) mass is 249 g/mol. The molecule has 0 saturated carbocycles. The van der Waals surface area contributed by atoms with Gasteiger partial charge >= 0.3 is 0 Å². The Hall–Kier alpha value is -1.76. The smallest absolute Gasteiger partial charge is 0.151 e. The Balaban J connectivity index is 2.39. The Morgan fingerprint density at radius 2 is 1.28 bits per heavy atom.